The fraction of sp³-hybridized carbons (Fsp3) is 0.571. The molecule has 89 valence electrons. The third kappa shape index (κ3) is 4.26. The summed E-state index contributed by atoms with van der Waals surface area (Å²) in [5.74, 6) is 0. The Morgan fingerprint density at radius 1 is 1.06 bits per heavy atom. The van der Waals surface area contributed by atoms with Crippen molar-refractivity contribution < 1.29 is 0 Å². The Hall–Kier alpha value is -0.346. The molecule has 0 unspecified atom stereocenters. The highest BCUT2D eigenvalue weighted by molar-refractivity contribution is 6.89. The van der Waals surface area contributed by atoms with Gasteiger partial charge in [0.05, 0.1) is 8.07 Å². The molecule has 0 aliphatic carbocycles. The third-order valence-corrected chi connectivity index (χ3v) is 8.16. The molecule has 0 fully saturated rings. The Balaban J connectivity index is 2.59. The van der Waals surface area contributed by atoms with Crippen LogP contribution >= 0.6 is 0 Å². The van der Waals surface area contributed by atoms with E-state index in [0.29, 0.717) is 0 Å². The summed E-state index contributed by atoms with van der Waals surface area (Å²) in [5.41, 5.74) is 1.38. The lowest BCUT2D eigenvalue weighted by Gasteiger charge is -2.23. The largest absolute Gasteiger partial charge is 0.0806 e. The van der Waals surface area contributed by atoms with Gasteiger partial charge in [-0.1, -0.05) is 79.7 Å². The second-order valence-corrected chi connectivity index (χ2v) is 13.6. The van der Waals surface area contributed by atoms with Crippen molar-refractivity contribution in [3.8, 4) is 0 Å². The molecule has 0 saturated carbocycles. The molecule has 1 rings (SSSR count). The molecule has 0 N–H and O–H groups in total. The number of benzene rings is 1. The summed E-state index contributed by atoms with van der Waals surface area (Å²) in [7, 11) is -1.18. The van der Waals surface area contributed by atoms with Crippen LogP contribution in [-0.2, 0) is 0 Å². The van der Waals surface area contributed by atoms with E-state index in [-0.39, 0.29) is 8.80 Å². The zero-order valence-electron chi connectivity index (χ0n) is 11.4. The highest BCUT2D eigenvalue weighted by Crippen LogP contribution is 2.15. The van der Waals surface area contributed by atoms with Crippen molar-refractivity contribution in [1.82, 2.24) is 0 Å². The van der Waals surface area contributed by atoms with Crippen LogP contribution in [0.3, 0.4) is 0 Å². The maximum atomic E-state index is 2.51. The zero-order chi connectivity index (χ0) is 12.2. The first-order chi connectivity index (χ1) is 7.42. The fourth-order valence-electron chi connectivity index (χ4n) is 2.03. The Morgan fingerprint density at radius 2 is 1.62 bits per heavy atom. The van der Waals surface area contributed by atoms with Crippen LogP contribution < -0.4 is 5.19 Å². The van der Waals surface area contributed by atoms with E-state index in [9.17, 15) is 0 Å². The standard InChI is InChI=1S/C14H25Si2/c1-13-7-9-14(10-8-13)16(4,5)12-6-11-15(2)3/h7-10H,6,11-12H2,1-5H3. The number of hydrogen-bond donors (Lipinski definition) is 0. The van der Waals surface area contributed by atoms with Crippen LogP contribution in [0.5, 0.6) is 0 Å². The van der Waals surface area contributed by atoms with Crippen LogP contribution in [-0.4, -0.2) is 16.9 Å². The Bertz CT molecular complexity index is 312. The second kappa shape index (κ2) is 5.83. The highest BCUT2D eigenvalue weighted by Gasteiger charge is 2.22. The Labute approximate surface area is 104 Å². The van der Waals surface area contributed by atoms with Gasteiger partial charge in [-0.3, -0.25) is 0 Å². The van der Waals surface area contributed by atoms with Gasteiger partial charge in [0.1, 0.15) is 0 Å². The molecule has 0 bridgehead atoms. The average Bonchev–Trinajstić information content (AvgIpc) is 2.17. The van der Waals surface area contributed by atoms with Gasteiger partial charge in [-0.05, 0) is 6.92 Å². The Morgan fingerprint density at radius 3 is 2.12 bits per heavy atom. The quantitative estimate of drug-likeness (QED) is 0.691. The molecule has 0 aliphatic rings. The van der Waals surface area contributed by atoms with Crippen molar-refractivity contribution in [1.29, 1.82) is 0 Å². The maximum absolute atomic E-state index is 2.51. The van der Waals surface area contributed by atoms with Crippen LogP contribution in [0, 0.1) is 6.92 Å². The molecule has 0 atom stereocenters. The van der Waals surface area contributed by atoms with Gasteiger partial charge < -0.3 is 0 Å². The fourth-order valence-corrected chi connectivity index (χ4v) is 5.69. The van der Waals surface area contributed by atoms with Gasteiger partial charge in [-0.2, -0.15) is 0 Å². The molecule has 0 aromatic heterocycles. The summed E-state index contributed by atoms with van der Waals surface area (Å²) in [5, 5.41) is 1.62. The lowest BCUT2D eigenvalue weighted by molar-refractivity contribution is 1.03. The van der Waals surface area contributed by atoms with Gasteiger partial charge in [0.15, 0.2) is 0 Å². The van der Waals surface area contributed by atoms with Crippen molar-refractivity contribution in [3.63, 3.8) is 0 Å². The van der Waals surface area contributed by atoms with E-state index < -0.39 is 8.07 Å². The van der Waals surface area contributed by atoms with E-state index in [0.717, 1.165) is 0 Å². The summed E-state index contributed by atoms with van der Waals surface area (Å²) in [4.78, 5) is 0. The summed E-state index contributed by atoms with van der Waals surface area (Å²) >= 11 is 0. The summed E-state index contributed by atoms with van der Waals surface area (Å²) < 4.78 is 0. The highest BCUT2D eigenvalue weighted by atomic mass is 28.3. The van der Waals surface area contributed by atoms with E-state index in [1.54, 1.807) is 5.19 Å². The predicted molar refractivity (Wildman–Crippen MR) is 80.0 cm³/mol. The summed E-state index contributed by atoms with van der Waals surface area (Å²) in [6.07, 6.45) is 1.44. The van der Waals surface area contributed by atoms with Crippen LogP contribution in [0.15, 0.2) is 24.3 Å². The molecule has 0 spiro atoms. The topological polar surface area (TPSA) is 0 Å². The first-order valence-electron chi connectivity index (χ1n) is 6.28. The first-order valence-corrected chi connectivity index (χ1v) is 12.2. The molecular formula is C14H25Si2. The SMILES string of the molecule is Cc1ccc([Si](C)(C)CCC[Si](C)C)cc1. The molecule has 2 heteroatoms. The summed E-state index contributed by atoms with van der Waals surface area (Å²) in [6.45, 7) is 12.0. The van der Waals surface area contributed by atoms with Gasteiger partial charge in [-0.15, -0.1) is 0 Å². The van der Waals surface area contributed by atoms with Crippen molar-refractivity contribution in [2.45, 2.75) is 51.6 Å². The second-order valence-electron chi connectivity index (χ2n) is 5.81. The molecule has 1 aromatic carbocycles. The molecule has 0 aliphatic heterocycles. The van der Waals surface area contributed by atoms with Crippen molar-refractivity contribution in [3.05, 3.63) is 29.8 Å². The minimum atomic E-state index is -1.15. The predicted octanol–water partition coefficient (Wildman–Crippen LogP) is 4.05. The molecule has 1 aromatic rings. The average molecular weight is 250 g/mol. The van der Waals surface area contributed by atoms with Gasteiger partial charge in [0.25, 0.3) is 0 Å². The van der Waals surface area contributed by atoms with Crippen LogP contribution in [0.1, 0.15) is 12.0 Å². The van der Waals surface area contributed by atoms with Gasteiger partial charge in [0, 0.05) is 8.80 Å². The molecule has 0 saturated heterocycles. The van der Waals surface area contributed by atoms with Crippen molar-refractivity contribution in [2.24, 2.45) is 0 Å². The minimum Gasteiger partial charge on any atom is -0.0713 e. The van der Waals surface area contributed by atoms with Crippen LogP contribution in [0.25, 0.3) is 0 Å². The summed E-state index contributed by atoms with van der Waals surface area (Å²) in [6, 6.07) is 12.2. The monoisotopic (exact) mass is 249 g/mol. The van der Waals surface area contributed by atoms with Crippen molar-refractivity contribution in [2.75, 3.05) is 0 Å². The van der Waals surface area contributed by atoms with Gasteiger partial charge in [0.2, 0.25) is 0 Å². The van der Waals surface area contributed by atoms with Crippen LogP contribution in [0.4, 0.5) is 0 Å². The molecule has 1 radical (unpaired) electrons. The van der Waals surface area contributed by atoms with E-state index >= 15 is 0 Å². The number of rotatable bonds is 5. The molecular weight excluding hydrogens is 224 g/mol. The lowest BCUT2D eigenvalue weighted by Crippen LogP contribution is -2.41. The van der Waals surface area contributed by atoms with E-state index in [1.807, 2.05) is 0 Å². The van der Waals surface area contributed by atoms with Crippen LogP contribution in [0.2, 0.25) is 38.3 Å². The number of aryl methyl sites for hydroxylation is 1. The maximum Gasteiger partial charge on any atom is 0.0806 e. The lowest BCUT2D eigenvalue weighted by atomic mass is 10.2. The number of hydrogen-bond acceptors (Lipinski definition) is 0. The minimum absolute atomic E-state index is 0.0226. The van der Waals surface area contributed by atoms with Gasteiger partial charge >= 0.3 is 0 Å². The normalized spacial score (nSPS) is 12.1. The molecule has 0 amide bonds. The van der Waals surface area contributed by atoms with Crippen molar-refractivity contribution >= 4 is 22.1 Å². The van der Waals surface area contributed by atoms with E-state index in [1.165, 1.54) is 24.1 Å². The van der Waals surface area contributed by atoms with Gasteiger partial charge in [-0.25, -0.2) is 0 Å². The van der Waals surface area contributed by atoms with E-state index in [2.05, 4.69) is 57.4 Å². The molecule has 0 nitrogen and oxygen atoms in total. The third-order valence-electron chi connectivity index (χ3n) is 3.31. The molecule has 0 heterocycles. The van der Waals surface area contributed by atoms with E-state index in [4.69, 9.17) is 0 Å². The Kier molecular flexibility index (Phi) is 5.00. The molecule has 16 heavy (non-hydrogen) atoms. The first kappa shape index (κ1) is 13.7. The smallest absolute Gasteiger partial charge is 0.0713 e. The zero-order valence-corrected chi connectivity index (χ0v) is 13.4.